The largest absolute Gasteiger partial charge is 0.399 e. The Morgan fingerprint density at radius 1 is 1.16 bits per heavy atom. The van der Waals surface area contributed by atoms with Crippen LogP contribution in [0, 0.1) is 6.92 Å². The molecule has 1 amide bonds. The fourth-order valence-electron chi connectivity index (χ4n) is 3.15. The van der Waals surface area contributed by atoms with Crippen molar-refractivity contribution in [3.63, 3.8) is 0 Å². The van der Waals surface area contributed by atoms with E-state index in [0.717, 1.165) is 25.0 Å². The molecule has 2 aromatic carbocycles. The number of hydrogen-bond donors (Lipinski definition) is 1. The summed E-state index contributed by atoms with van der Waals surface area (Å²) in [6.45, 7) is 5.59. The van der Waals surface area contributed by atoms with Crippen molar-refractivity contribution in [2.45, 2.75) is 38.8 Å². The van der Waals surface area contributed by atoms with Crippen molar-refractivity contribution >= 4 is 11.6 Å². The number of anilines is 1. The smallest absolute Gasteiger partial charge is 0.254 e. The van der Waals surface area contributed by atoms with Crippen LogP contribution in [-0.4, -0.2) is 30.1 Å². The van der Waals surface area contributed by atoms with E-state index < -0.39 is 0 Å². The van der Waals surface area contributed by atoms with Gasteiger partial charge in [0, 0.05) is 17.9 Å². The number of benzene rings is 2. The highest BCUT2D eigenvalue weighted by Crippen LogP contribution is 2.37. The van der Waals surface area contributed by atoms with Crippen LogP contribution in [0.1, 0.15) is 47.3 Å². The highest BCUT2D eigenvalue weighted by molar-refractivity contribution is 5.95. The van der Waals surface area contributed by atoms with Gasteiger partial charge in [-0.15, -0.1) is 0 Å². The Bertz CT molecular complexity index is 710. The number of likely N-dealkylation sites (tertiary alicyclic amines) is 1. The van der Waals surface area contributed by atoms with Crippen LogP contribution in [0.5, 0.6) is 0 Å². The summed E-state index contributed by atoms with van der Waals surface area (Å²) in [6.07, 6.45) is 2.21. The first kappa shape index (κ1) is 17.5. The van der Waals surface area contributed by atoms with Gasteiger partial charge in [0.1, 0.15) is 0 Å². The molecule has 2 N–H and O–H groups in total. The SMILES string of the molecule is CCCCO[C@H]1CN(C(=O)c2ccc(N)cc2)[C@H]1c1ccc(C)cc1. The van der Waals surface area contributed by atoms with Crippen LogP contribution < -0.4 is 5.73 Å². The molecule has 1 aliphatic rings. The van der Waals surface area contributed by atoms with E-state index in [4.69, 9.17) is 10.5 Å². The second-order valence-corrected chi connectivity index (χ2v) is 6.70. The van der Waals surface area contributed by atoms with Gasteiger partial charge >= 0.3 is 0 Å². The lowest BCUT2D eigenvalue weighted by molar-refractivity contribution is -0.0887. The molecular weight excluding hydrogens is 312 g/mol. The van der Waals surface area contributed by atoms with Crippen molar-refractivity contribution in [1.82, 2.24) is 4.90 Å². The monoisotopic (exact) mass is 338 g/mol. The summed E-state index contributed by atoms with van der Waals surface area (Å²) >= 11 is 0. The second-order valence-electron chi connectivity index (χ2n) is 6.70. The topological polar surface area (TPSA) is 55.6 Å². The Hall–Kier alpha value is -2.33. The van der Waals surface area contributed by atoms with Gasteiger partial charge in [0.05, 0.1) is 18.7 Å². The Kier molecular flexibility index (Phi) is 5.39. The first-order valence-corrected chi connectivity index (χ1v) is 8.95. The third-order valence-electron chi connectivity index (χ3n) is 4.73. The predicted octanol–water partition coefficient (Wildman–Crippen LogP) is 3.96. The third kappa shape index (κ3) is 3.85. The Morgan fingerprint density at radius 3 is 2.48 bits per heavy atom. The number of ether oxygens (including phenoxy) is 1. The summed E-state index contributed by atoms with van der Waals surface area (Å²) in [4.78, 5) is 14.8. The van der Waals surface area contributed by atoms with Gasteiger partial charge < -0.3 is 15.4 Å². The van der Waals surface area contributed by atoms with E-state index in [-0.39, 0.29) is 18.1 Å². The van der Waals surface area contributed by atoms with E-state index in [1.807, 2.05) is 4.90 Å². The molecule has 2 atom stereocenters. The Labute approximate surface area is 149 Å². The summed E-state index contributed by atoms with van der Waals surface area (Å²) < 4.78 is 6.04. The number of carbonyl (C=O) groups excluding carboxylic acids is 1. The van der Waals surface area contributed by atoms with Gasteiger partial charge in [-0.1, -0.05) is 43.2 Å². The second kappa shape index (κ2) is 7.70. The van der Waals surface area contributed by atoms with Crippen molar-refractivity contribution < 1.29 is 9.53 Å². The Balaban J connectivity index is 1.79. The van der Waals surface area contributed by atoms with Gasteiger partial charge in [0.25, 0.3) is 5.91 Å². The third-order valence-corrected chi connectivity index (χ3v) is 4.73. The molecule has 132 valence electrons. The zero-order chi connectivity index (χ0) is 17.8. The van der Waals surface area contributed by atoms with Crippen LogP contribution in [0.4, 0.5) is 5.69 Å². The quantitative estimate of drug-likeness (QED) is 0.641. The first-order chi connectivity index (χ1) is 12.1. The van der Waals surface area contributed by atoms with Crippen molar-refractivity contribution in [3.05, 3.63) is 65.2 Å². The van der Waals surface area contributed by atoms with Crippen molar-refractivity contribution in [2.24, 2.45) is 0 Å². The molecule has 0 aromatic heterocycles. The minimum Gasteiger partial charge on any atom is -0.399 e. The lowest BCUT2D eigenvalue weighted by Gasteiger charge is -2.48. The highest BCUT2D eigenvalue weighted by atomic mass is 16.5. The molecule has 2 aromatic rings. The molecule has 0 spiro atoms. The maximum absolute atomic E-state index is 12.9. The van der Waals surface area contributed by atoms with Crippen molar-refractivity contribution in [2.75, 3.05) is 18.9 Å². The normalized spacial score (nSPS) is 19.5. The van der Waals surface area contributed by atoms with Gasteiger partial charge in [-0.05, 0) is 43.2 Å². The first-order valence-electron chi connectivity index (χ1n) is 8.95. The van der Waals surface area contributed by atoms with Crippen molar-refractivity contribution in [3.8, 4) is 0 Å². The van der Waals surface area contributed by atoms with Gasteiger partial charge in [-0.25, -0.2) is 0 Å². The number of unbranched alkanes of at least 4 members (excludes halogenated alkanes) is 1. The van der Waals surface area contributed by atoms with Gasteiger partial charge in [-0.2, -0.15) is 0 Å². The molecule has 0 saturated carbocycles. The van der Waals surface area contributed by atoms with Crippen LogP contribution in [0.3, 0.4) is 0 Å². The summed E-state index contributed by atoms with van der Waals surface area (Å²) in [5.41, 5.74) is 9.39. The van der Waals surface area contributed by atoms with E-state index in [1.165, 1.54) is 5.56 Å². The summed E-state index contributed by atoms with van der Waals surface area (Å²) in [5.74, 6) is 0.0286. The average Bonchev–Trinajstić information content (AvgIpc) is 2.59. The number of nitrogen functional groups attached to an aromatic ring is 1. The van der Waals surface area contributed by atoms with E-state index in [0.29, 0.717) is 17.8 Å². The van der Waals surface area contributed by atoms with Gasteiger partial charge in [0.15, 0.2) is 0 Å². The molecule has 0 unspecified atom stereocenters. The number of aryl methyl sites for hydroxylation is 1. The van der Waals surface area contributed by atoms with E-state index in [9.17, 15) is 4.79 Å². The number of nitrogens with two attached hydrogens (primary N) is 1. The molecule has 25 heavy (non-hydrogen) atoms. The molecule has 0 radical (unpaired) electrons. The molecular formula is C21H26N2O2. The van der Waals surface area contributed by atoms with Crippen LogP contribution in [0.15, 0.2) is 48.5 Å². The molecule has 1 fully saturated rings. The molecule has 1 aliphatic heterocycles. The van der Waals surface area contributed by atoms with E-state index in [1.54, 1.807) is 24.3 Å². The number of rotatable bonds is 6. The molecule has 1 heterocycles. The number of amides is 1. The van der Waals surface area contributed by atoms with Crippen LogP contribution in [0.25, 0.3) is 0 Å². The molecule has 4 heteroatoms. The van der Waals surface area contributed by atoms with E-state index in [2.05, 4.69) is 38.1 Å². The zero-order valence-electron chi connectivity index (χ0n) is 14.9. The highest BCUT2D eigenvalue weighted by Gasteiger charge is 2.43. The van der Waals surface area contributed by atoms with E-state index >= 15 is 0 Å². The number of nitrogens with zero attached hydrogens (tertiary/aromatic N) is 1. The number of hydrogen-bond acceptors (Lipinski definition) is 3. The summed E-state index contributed by atoms with van der Waals surface area (Å²) in [6, 6.07) is 15.4. The fourth-order valence-corrected chi connectivity index (χ4v) is 3.15. The maximum Gasteiger partial charge on any atom is 0.254 e. The van der Waals surface area contributed by atoms with Crippen molar-refractivity contribution in [1.29, 1.82) is 0 Å². The minimum absolute atomic E-state index is 0.0255. The molecule has 0 aliphatic carbocycles. The fraction of sp³-hybridized carbons (Fsp3) is 0.381. The molecule has 0 bridgehead atoms. The molecule has 4 nitrogen and oxygen atoms in total. The predicted molar refractivity (Wildman–Crippen MR) is 100 cm³/mol. The lowest BCUT2D eigenvalue weighted by atomic mass is 9.90. The standard InChI is InChI=1S/C21H26N2O2/c1-3-4-13-25-19-14-23(20(19)16-7-5-15(2)6-8-16)21(24)17-9-11-18(22)12-10-17/h5-12,19-20H,3-4,13-14,22H2,1-2H3/t19-,20-/m0/s1. The zero-order valence-corrected chi connectivity index (χ0v) is 14.9. The number of carbonyl (C=O) groups is 1. The summed E-state index contributed by atoms with van der Waals surface area (Å²) in [7, 11) is 0. The molecule has 1 saturated heterocycles. The summed E-state index contributed by atoms with van der Waals surface area (Å²) in [5, 5.41) is 0. The van der Waals surface area contributed by atoms with Gasteiger partial charge in [-0.3, -0.25) is 4.79 Å². The van der Waals surface area contributed by atoms with Gasteiger partial charge in [0.2, 0.25) is 0 Å². The Morgan fingerprint density at radius 2 is 1.84 bits per heavy atom. The van der Waals surface area contributed by atoms with Crippen LogP contribution >= 0.6 is 0 Å². The average molecular weight is 338 g/mol. The lowest BCUT2D eigenvalue weighted by Crippen LogP contribution is -2.57. The van der Waals surface area contributed by atoms with Crippen LogP contribution in [-0.2, 0) is 4.74 Å². The molecule has 3 rings (SSSR count). The van der Waals surface area contributed by atoms with Crippen LogP contribution in [0.2, 0.25) is 0 Å². The minimum atomic E-state index is -0.0255. The maximum atomic E-state index is 12.9.